The summed E-state index contributed by atoms with van der Waals surface area (Å²) in [5.41, 5.74) is 0.176. The van der Waals surface area contributed by atoms with Crippen molar-refractivity contribution in [3.63, 3.8) is 0 Å². The topological polar surface area (TPSA) is 138 Å². The lowest BCUT2D eigenvalue weighted by Crippen LogP contribution is -2.73. The van der Waals surface area contributed by atoms with Crippen LogP contribution >= 0.6 is 0 Å². The molecule has 0 radical (unpaired) electrons. The highest BCUT2D eigenvalue weighted by molar-refractivity contribution is 6.21. The number of ketones is 3. The lowest BCUT2D eigenvalue weighted by Gasteiger charge is -2.60. The van der Waals surface area contributed by atoms with E-state index >= 15 is 4.39 Å². The average molecular weight is 722 g/mol. The van der Waals surface area contributed by atoms with E-state index in [4.69, 9.17) is 9.47 Å². The first-order valence-corrected chi connectivity index (χ1v) is 18.9. The van der Waals surface area contributed by atoms with Crippen molar-refractivity contribution in [1.82, 2.24) is 25.3 Å². The molecule has 52 heavy (non-hydrogen) atoms. The largest absolute Gasteiger partial charge is 0.444 e. The van der Waals surface area contributed by atoms with Crippen LogP contribution in [0.3, 0.4) is 0 Å². The maximum absolute atomic E-state index is 16.3. The zero-order chi connectivity index (χ0) is 37.1. The molecule has 3 heterocycles. The average Bonchev–Trinajstić information content (AvgIpc) is 3.55. The van der Waals surface area contributed by atoms with Crippen LogP contribution in [-0.4, -0.2) is 132 Å². The number of rotatable bonds is 8. The SMILES string of the molecule is CN(C)CCCCNC1C(F)CC2C(=O)C(C(=O)N3CCC(NC(=O)OC(C)(C)C)C3)=CN3C4CC5C(=O)c6ccccc6C(=O)C5CC4OC1C23. The number of fused-ring (bicyclic) bond motifs is 4. The van der Waals surface area contributed by atoms with E-state index in [0.29, 0.717) is 43.5 Å². The summed E-state index contributed by atoms with van der Waals surface area (Å²) in [7, 11) is 4.03. The van der Waals surface area contributed by atoms with E-state index < -0.39 is 71.6 Å². The fourth-order valence-corrected chi connectivity index (χ4v) is 9.43. The van der Waals surface area contributed by atoms with Gasteiger partial charge in [0.15, 0.2) is 17.3 Å². The summed E-state index contributed by atoms with van der Waals surface area (Å²) in [5, 5.41) is 6.25. The lowest BCUT2D eigenvalue weighted by atomic mass is 9.63. The van der Waals surface area contributed by atoms with Crippen LogP contribution in [0.5, 0.6) is 0 Å². The number of alkyl halides is 1. The van der Waals surface area contributed by atoms with Crippen LogP contribution in [-0.2, 0) is 19.1 Å². The maximum Gasteiger partial charge on any atom is 0.407 e. The van der Waals surface area contributed by atoms with Gasteiger partial charge in [0.2, 0.25) is 0 Å². The van der Waals surface area contributed by atoms with Gasteiger partial charge in [-0.3, -0.25) is 19.2 Å². The summed E-state index contributed by atoms with van der Waals surface area (Å²) < 4.78 is 28.5. The summed E-state index contributed by atoms with van der Waals surface area (Å²) >= 11 is 0. The molecular formula is C39H52FN5O7. The van der Waals surface area contributed by atoms with Crippen molar-refractivity contribution < 1.29 is 37.8 Å². The maximum atomic E-state index is 16.3. The number of Topliss-reactive ketones (excluding diaryl/α,β-unsaturated/α-hetero) is 3. The van der Waals surface area contributed by atoms with E-state index in [2.05, 4.69) is 15.5 Å². The number of amides is 2. The van der Waals surface area contributed by atoms with Crippen molar-refractivity contribution in [2.75, 3.05) is 40.3 Å². The number of unbranched alkanes of at least 4 members (excludes halogenated alkanes) is 1. The van der Waals surface area contributed by atoms with Gasteiger partial charge in [0.1, 0.15) is 11.8 Å². The molecule has 7 rings (SSSR count). The third kappa shape index (κ3) is 6.91. The third-order valence-electron chi connectivity index (χ3n) is 11.8. The van der Waals surface area contributed by atoms with Crippen LogP contribution in [0.1, 0.15) is 80.0 Å². The molecule has 0 aromatic heterocycles. The number of halogens is 1. The van der Waals surface area contributed by atoms with Crippen molar-refractivity contribution in [3.05, 3.63) is 47.2 Å². The second-order valence-electron chi connectivity index (χ2n) is 16.7. The van der Waals surface area contributed by atoms with Crippen LogP contribution in [0, 0.1) is 17.8 Å². The molecule has 0 spiro atoms. The van der Waals surface area contributed by atoms with Crippen LogP contribution < -0.4 is 10.6 Å². The molecule has 2 amide bonds. The first kappa shape index (κ1) is 36.7. The molecule has 0 bridgehead atoms. The molecule has 3 aliphatic carbocycles. The summed E-state index contributed by atoms with van der Waals surface area (Å²) in [5.74, 6) is -2.95. The van der Waals surface area contributed by atoms with E-state index in [0.717, 1.165) is 19.4 Å². The van der Waals surface area contributed by atoms with Gasteiger partial charge in [0.05, 0.1) is 41.9 Å². The molecule has 6 aliphatic rings. The van der Waals surface area contributed by atoms with Gasteiger partial charge in [-0.1, -0.05) is 24.3 Å². The van der Waals surface area contributed by atoms with Gasteiger partial charge < -0.3 is 34.8 Å². The summed E-state index contributed by atoms with van der Waals surface area (Å²) in [6.07, 6.45) is 1.30. The van der Waals surface area contributed by atoms with Crippen molar-refractivity contribution in [3.8, 4) is 0 Å². The molecule has 2 N–H and O–H groups in total. The first-order valence-electron chi connectivity index (χ1n) is 18.9. The fraction of sp³-hybridized carbons (Fsp3) is 0.667. The van der Waals surface area contributed by atoms with Gasteiger partial charge >= 0.3 is 6.09 Å². The van der Waals surface area contributed by atoms with Crippen molar-refractivity contribution in [2.24, 2.45) is 17.8 Å². The highest BCUT2D eigenvalue weighted by Gasteiger charge is 2.61. The van der Waals surface area contributed by atoms with Crippen LogP contribution in [0.25, 0.3) is 0 Å². The number of nitrogens with one attached hydrogen (secondary N) is 2. The molecule has 10 unspecified atom stereocenters. The van der Waals surface area contributed by atoms with Gasteiger partial charge in [-0.05, 0) is 86.5 Å². The van der Waals surface area contributed by atoms with Crippen LogP contribution in [0.4, 0.5) is 9.18 Å². The van der Waals surface area contributed by atoms with Gasteiger partial charge in [0.25, 0.3) is 5.91 Å². The van der Waals surface area contributed by atoms with Crippen molar-refractivity contribution in [1.29, 1.82) is 0 Å². The normalized spacial score (nSPS) is 33.9. The Morgan fingerprint density at radius 1 is 0.981 bits per heavy atom. The number of carbonyl (C=O) groups is 5. The van der Waals surface area contributed by atoms with Gasteiger partial charge in [-0.15, -0.1) is 0 Å². The number of hydrogen-bond acceptors (Lipinski definition) is 10. The number of alkyl carbamates (subject to hydrolysis) is 1. The van der Waals surface area contributed by atoms with E-state index in [1.165, 1.54) is 0 Å². The van der Waals surface area contributed by atoms with Gasteiger partial charge in [-0.25, -0.2) is 9.18 Å². The zero-order valence-electron chi connectivity index (χ0n) is 30.8. The van der Waals surface area contributed by atoms with Crippen LogP contribution in [0.15, 0.2) is 36.0 Å². The van der Waals surface area contributed by atoms with E-state index in [-0.39, 0.29) is 42.2 Å². The van der Waals surface area contributed by atoms with Crippen molar-refractivity contribution in [2.45, 2.75) is 107 Å². The molecule has 12 nitrogen and oxygen atoms in total. The third-order valence-corrected chi connectivity index (χ3v) is 11.8. The van der Waals surface area contributed by atoms with E-state index in [1.807, 2.05) is 19.0 Å². The molecule has 1 aromatic rings. The molecule has 1 aromatic carbocycles. The number of nitrogens with zero attached hydrogens (tertiary/aromatic N) is 3. The molecule has 2 saturated heterocycles. The Morgan fingerprint density at radius 3 is 2.35 bits per heavy atom. The standard InChI is InChI=1S/C39H52FN5O7/c1-39(2,3)52-38(50)42-21-12-15-44(19-21)37(49)27-20-45-29-17-24-25(34(47)23-11-7-6-10-22(23)33(24)46)18-30(29)51-36-31(41-13-8-9-14-43(4)5)28(40)16-26(32(36)45)35(27)48/h6-7,10-11,20-21,24-26,28-32,36,41H,8-9,12-19H2,1-5H3,(H,42,50). The van der Waals surface area contributed by atoms with Gasteiger partial charge in [0, 0.05) is 48.2 Å². The predicted molar refractivity (Wildman–Crippen MR) is 189 cm³/mol. The highest BCUT2D eigenvalue weighted by Crippen LogP contribution is 2.50. The molecule has 282 valence electrons. The Bertz CT molecular complexity index is 1640. The second-order valence-corrected chi connectivity index (χ2v) is 16.7. The minimum absolute atomic E-state index is 0.0145. The second kappa shape index (κ2) is 14.3. The number of carbonyl (C=O) groups excluding carboxylic acids is 5. The Morgan fingerprint density at radius 2 is 1.67 bits per heavy atom. The van der Waals surface area contributed by atoms with E-state index in [9.17, 15) is 24.0 Å². The molecule has 10 atom stereocenters. The van der Waals surface area contributed by atoms with Gasteiger partial charge in [-0.2, -0.15) is 0 Å². The number of ether oxygens (including phenoxy) is 2. The molecule has 3 aliphatic heterocycles. The van der Waals surface area contributed by atoms with E-state index in [1.54, 1.807) is 56.1 Å². The Hall–Kier alpha value is -3.68. The fourth-order valence-electron chi connectivity index (χ4n) is 9.43. The Kier molecular flexibility index (Phi) is 10.1. The molecular weight excluding hydrogens is 669 g/mol. The minimum Gasteiger partial charge on any atom is -0.444 e. The predicted octanol–water partition coefficient (Wildman–Crippen LogP) is 3.15. The molecule has 2 saturated carbocycles. The summed E-state index contributed by atoms with van der Waals surface area (Å²) in [6.45, 7) is 7.37. The first-order chi connectivity index (χ1) is 24.7. The number of morpholine rings is 1. The molecule has 4 fully saturated rings. The smallest absolute Gasteiger partial charge is 0.407 e. The monoisotopic (exact) mass is 721 g/mol. The summed E-state index contributed by atoms with van der Waals surface area (Å²) in [4.78, 5) is 74.2. The lowest BCUT2D eigenvalue weighted by molar-refractivity contribution is -0.203. The van der Waals surface area contributed by atoms with Crippen molar-refractivity contribution >= 4 is 29.4 Å². The Balaban J connectivity index is 1.17. The zero-order valence-corrected chi connectivity index (χ0v) is 30.8. The summed E-state index contributed by atoms with van der Waals surface area (Å²) in [6, 6.07) is 4.99. The van der Waals surface area contributed by atoms with Crippen LogP contribution in [0.2, 0.25) is 0 Å². The number of hydrogen-bond donors (Lipinski definition) is 2. The Labute approximate surface area is 304 Å². The quantitative estimate of drug-likeness (QED) is 0.304. The number of likely N-dealkylation sites (tertiary alicyclic amines) is 1. The molecule has 13 heteroatoms. The minimum atomic E-state index is -1.40. The number of benzene rings is 1. The highest BCUT2D eigenvalue weighted by atomic mass is 19.1.